The van der Waals surface area contributed by atoms with Gasteiger partial charge in [-0.15, -0.1) is 0 Å². The predicted octanol–water partition coefficient (Wildman–Crippen LogP) is 2.36. The van der Waals surface area contributed by atoms with Crippen molar-refractivity contribution in [3.8, 4) is 0 Å². The maximum atomic E-state index is 14.8. The highest BCUT2D eigenvalue weighted by Crippen LogP contribution is 2.70. The molecule has 0 aromatic carbocycles. The molecule has 2 saturated heterocycles. The molecular weight excluding hydrogens is 501 g/mol. The van der Waals surface area contributed by atoms with Gasteiger partial charge in [-0.2, -0.15) is 9.37 Å². The number of anilines is 3. The number of fused-ring (bicyclic) bond motifs is 1. The van der Waals surface area contributed by atoms with Gasteiger partial charge in [0.05, 0.1) is 6.20 Å². The van der Waals surface area contributed by atoms with Crippen molar-refractivity contribution in [2.45, 2.75) is 36.4 Å². The number of rotatable bonds is 5. The molecule has 36 heavy (non-hydrogen) atoms. The van der Waals surface area contributed by atoms with Crippen molar-refractivity contribution in [1.29, 1.82) is 0 Å². The molecule has 6 rings (SSSR count). The number of amides is 3. The van der Waals surface area contributed by atoms with Gasteiger partial charge in [0, 0.05) is 63.6 Å². The molecule has 2 aromatic rings. The molecule has 192 valence electrons. The molecule has 0 spiro atoms. The lowest BCUT2D eigenvalue weighted by molar-refractivity contribution is -0.0760. The number of halogens is 3. The Balaban J connectivity index is 1.10. The Morgan fingerprint density at radius 1 is 1.33 bits per heavy atom. The Morgan fingerprint density at radius 3 is 2.86 bits per heavy atom. The summed E-state index contributed by atoms with van der Waals surface area (Å²) < 4.78 is 48.4. The standard InChI is InChI=1S/C21H23F3N8O3S/c1-31(18(33)30-17-27-8-13(22)36-17)12-9-32(5-3-21(12,23)24)16-25-4-2-14(28-16)29-19(34)35-20-6-11-15(20)10(20)7-26-11/h2,4,8,10-12,15,26H,3,5-7,9H2,1H3,(H,27,30,33)(H,25,28,29,34)/t10-,11-,12-,15?,20+/m0/s1. The monoisotopic (exact) mass is 524 g/mol. The molecule has 0 radical (unpaired) electrons. The quantitative estimate of drug-likeness (QED) is 0.545. The molecule has 3 N–H and O–H groups in total. The van der Waals surface area contributed by atoms with Crippen LogP contribution in [0.4, 0.5) is 39.7 Å². The van der Waals surface area contributed by atoms with Gasteiger partial charge < -0.3 is 19.9 Å². The number of hydrogen-bond acceptors (Lipinski definition) is 9. The molecule has 2 aromatic heterocycles. The van der Waals surface area contributed by atoms with E-state index in [0.29, 0.717) is 29.2 Å². The zero-order valence-electron chi connectivity index (χ0n) is 19.1. The largest absolute Gasteiger partial charge is 0.442 e. The second-order valence-electron chi connectivity index (χ2n) is 9.55. The Morgan fingerprint density at radius 2 is 2.17 bits per heavy atom. The lowest BCUT2D eigenvalue weighted by Gasteiger charge is -2.42. The van der Waals surface area contributed by atoms with E-state index in [4.69, 9.17) is 4.74 Å². The number of piperidine rings is 3. The van der Waals surface area contributed by atoms with Gasteiger partial charge in [-0.3, -0.25) is 10.6 Å². The van der Waals surface area contributed by atoms with Crippen molar-refractivity contribution >= 4 is 40.4 Å². The maximum absolute atomic E-state index is 14.8. The summed E-state index contributed by atoms with van der Waals surface area (Å²) in [5, 5.41) is 7.68. The Labute approximate surface area is 207 Å². The second kappa shape index (κ2) is 8.16. The number of aromatic nitrogens is 3. The van der Waals surface area contributed by atoms with Crippen LogP contribution in [0.15, 0.2) is 18.5 Å². The van der Waals surface area contributed by atoms with E-state index in [2.05, 4.69) is 30.9 Å². The van der Waals surface area contributed by atoms with E-state index in [1.807, 2.05) is 0 Å². The van der Waals surface area contributed by atoms with Crippen LogP contribution in [-0.2, 0) is 4.74 Å². The van der Waals surface area contributed by atoms with Crippen molar-refractivity contribution in [2.24, 2.45) is 11.8 Å². The third-order valence-electron chi connectivity index (χ3n) is 7.60. The van der Waals surface area contributed by atoms with Crippen molar-refractivity contribution in [1.82, 2.24) is 25.2 Å². The smallest absolute Gasteiger partial charge is 0.413 e. The first-order valence-electron chi connectivity index (χ1n) is 11.5. The van der Waals surface area contributed by atoms with Gasteiger partial charge in [-0.05, 0) is 6.07 Å². The minimum absolute atomic E-state index is 0.0302. The molecule has 0 bridgehead atoms. The van der Waals surface area contributed by atoms with Gasteiger partial charge in [-0.1, -0.05) is 11.3 Å². The summed E-state index contributed by atoms with van der Waals surface area (Å²) in [6.45, 7) is 0.553. The van der Waals surface area contributed by atoms with E-state index in [1.54, 1.807) is 0 Å². The molecule has 2 aliphatic heterocycles. The summed E-state index contributed by atoms with van der Waals surface area (Å²) in [5.74, 6) is -2.09. The number of carbonyl (C=O) groups is 2. The fourth-order valence-corrected chi connectivity index (χ4v) is 6.22. The molecule has 5 atom stereocenters. The summed E-state index contributed by atoms with van der Waals surface area (Å²) in [6.07, 6.45) is 2.02. The maximum Gasteiger partial charge on any atom is 0.413 e. The summed E-state index contributed by atoms with van der Waals surface area (Å²) in [7, 11) is 1.24. The Bertz CT molecular complexity index is 1210. The van der Waals surface area contributed by atoms with Gasteiger partial charge in [0.15, 0.2) is 10.3 Å². The summed E-state index contributed by atoms with van der Waals surface area (Å²) >= 11 is 0.596. The number of nitrogens with zero attached hydrogens (tertiary/aromatic N) is 5. The summed E-state index contributed by atoms with van der Waals surface area (Å²) in [5.41, 5.74) is -0.364. The predicted molar refractivity (Wildman–Crippen MR) is 123 cm³/mol. The van der Waals surface area contributed by atoms with Crippen molar-refractivity contribution < 1.29 is 27.5 Å². The number of thiazole rings is 1. The van der Waals surface area contributed by atoms with E-state index in [-0.39, 0.29) is 35.6 Å². The molecule has 4 aliphatic rings. The average Bonchev–Trinajstić information content (AvgIpc) is 3.14. The average molecular weight is 525 g/mol. The normalized spacial score (nSPS) is 31.2. The van der Waals surface area contributed by atoms with Crippen molar-refractivity contribution in [3.63, 3.8) is 0 Å². The molecule has 4 heterocycles. The number of hydrogen-bond donors (Lipinski definition) is 3. The van der Waals surface area contributed by atoms with Crippen LogP contribution in [0.1, 0.15) is 12.8 Å². The fraction of sp³-hybridized carbons (Fsp3) is 0.571. The number of ether oxygens (including phenoxy) is 1. The van der Waals surface area contributed by atoms with E-state index >= 15 is 0 Å². The first-order valence-corrected chi connectivity index (χ1v) is 12.3. The number of alkyl halides is 2. The molecular formula is C21H23F3N8O3S. The topological polar surface area (TPSA) is 125 Å². The molecule has 11 nitrogen and oxygen atoms in total. The lowest BCUT2D eigenvalue weighted by Crippen LogP contribution is -2.60. The van der Waals surface area contributed by atoms with Crippen LogP contribution >= 0.6 is 11.3 Å². The minimum Gasteiger partial charge on any atom is -0.442 e. The van der Waals surface area contributed by atoms with Gasteiger partial charge in [0.2, 0.25) is 5.95 Å². The highest BCUT2D eigenvalue weighted by atomic mass is 32.1. The number of urea groups is 1. The Kier molecular flexibility index (Phi) is 5.26. The van der Waals surface area contributed by atoms with Crippen LogP contribution in [-0.4, -0.2) is 82.3 Å². The van der Waals surface area contributed by atoms with Crippen LogP contribution in [0.5, 0.6) is 0 Å². The first kappa shape index (κ1) is 23.2. The second-order valence-corrected chi connectivity index (χ2v) is 10.5. The highest BCUT2D eigenvalue weighted by Gasteiger charge is 2.81. The van der Waals surface area contributed by atoms with Crippen molar-refractivity contribution in [3.05, 3.63) is 23.6 Å². The lowest BCUT2D eigenvalue weighted by atomic mass is 9.89. The summed E-state index contributed by atoms with van der Waals surface area (Å²) in [6, 6.07) is -0.423. The van der Waals surface area contributed by atoms with Crippen LogP contribution in [0.2, 0.25) is 0 Å². The molecule has 2 aliphatic carbocycles. The molecule has 15 heteroatoms. The minimum atomic E-state index is -3.17. The van der Waals surface area contributed by atoms with Gasteiger partial charge in [0.25, 0.3) is 5.92 Å². The van der Waals surface area contributed by atoms with Crippen LogP contribution in [0.25, 0.3) is 0 Å². The number of carbonyl (C=O) groups excluding carboxylic acids is 2. The van der Waals surface area contributed by atoms with Gasteiger partial charge in [-0.25, -0.2) is 28.3 Å². The van der Waals surface area contributed by atoms with Gasteiger partial charge in [0.1, 0.15) is 17.5 Å². The van der Waals surface area contributed by atoms with Crippen LogP contribution < -0.4 is 20.9 Å². The molecule has 4 fully saturated rings. The summed E-state index contributed by atoms with van der Waals surface area (Å²) in [4.78, 5) is 39.5. The third-order valence-corrected chi connectivity index (χ3v) is 8.30. The van der Waals surface area contributed by atoms with E-state index in [9.17, 15) is 22.8 Å². The highest BCUT2D eigenvalue weighted by molar-refractivity contribution is 7.14. The van der Waals surface area contributed by atoms with E-state index in [1.165, 1.54) is 24.2 Å². The molecule has 2 saturated carbocycles. The van der Waals surface area contributed by atoms with Crippen LogP contribution in [0.3, 0.4) is 0 Å². The molecule has 1 unspecified atom stereocenters. The fourth-order valence-electron chi connectivity index (χ4n) is 5.68. The van der Waals surface area contributed by atoms with Gasteiger partial charge >= 0.3 is 12.1 Å². The molecule has 3 amide bonds. The van der Waals surface area contributed by atoms with E-state index < -0.39 is 35.6 Å². The van der Waals surface area contributed by atoms with E-state index in [0.717, 1.165) is 24.1 Å². The first-order chi connectivity index (χ1) is 17.2. The number of likely N-dealkylation sites (N-methyl/N-ethyl adjacent to an activating group) is 1. The Hall–Kier alpha value is -3.20. The zero-order chi connectivity index (χ0) is 25.2. The number of nitrogens with one attached hydrogen (secondary N) is 3. The zero-order valence-corrected chi connectivity index (χ0v) is 19.9. The SMILES string of the molecule is CN(C(=O)Nc1ncc(F)s1)[C@H]1CN(c2nccc(NC(=O)O[C@]34C[C@@H]5NC[C@H]3C54)n2)CCC1(F)F. The van der Waals surface area contributed by atoms with Crippen LogP contribution in [0, 0.1) is 17.0 Å². The van der Waals surface area contributed by atoms with Crippen molar-refractivity contribution in [2.75, 3.05) is 42.2 Å². The third kappa shape index (κ3) is 3.80.